The van der Waals surface area contributed by atoms with E-state index >= 15 is 0 Å². The molecule has 3 atom stereocenters. The molecule has 2 saturated heterocycles. The molecule has 0 aliphatic carbocycles. The van der Waals surface area contributed by atoms with E-state index < -0.39 is 0 Å². The van der Waals surface area contributed by atoms with Gasteiger partial charge in [0, 0.05) is 17.2 Å². The highest BCUT2D eigenvalue weighted by molar-refractivity contribution is 7.99. The topological polar surface area (TPSA) is 29.5 Å². The molecule has 2 nitrogen and oxygen atoms in total. The molecule has 100 valence electrons. The maximum Gasteiger partial charge on any atom is 0.0914 e. The van der Waals surface area contributed by atoms with Crippen molar-refractivity contribution < 1.29 is 9.84 Å². The van der Waals surface area contributed by atoms with Crippen molar-refractivity contribution in [2.45, 2.75) is 37.9 Å². The third kappa shape index (κ3) is 2.36. The van der Waals surface area contributed by atoms with E-state index in [0.29, 0.717) is 5.92 Å². The van der Waals surface area contributed by atoms with Crippen molar-refractivity contribution in [3.8, 4) is 0 Å². The highest BCUT2D eigenvalue weighted by Crippen LogP contribution is 2.45. The van der Waals surface area contributed by atoms with E-state index in [0.717, 1.165) is 36.5 Å². The number of hydrogen-bond acceptors (Lipinski definition) is 4. The van der Waals surface area contributed by atoms with Crippen LogP contribution in [0.1, 0.15) is 35.8 Å². The van der Waals surface area contributed by atoms with Crippen molar-refractivity contribution in [2.75, 3.05) is 18.1 Å². The highest BCUT2D eigenvalue weighted by atomic mass is 32.2. The minimum Gasteiger partial charge on any atom is -0.387 e. The summed E-state index contributed by atoms with van der Waals surface area (Å²) in [5, 5.41) is 12.7. The summed E-state index contributed by atoms with van der Waals surface area (Å²) in [7, 11) is 0. The zero-order chi connectivity index (χ0) is 12.6. The number of aryl methyl sites for hydroxylation is 1. The maximum absolute atomic E-state index is 10.6. The van der Waals surface area contributed by atoms with Crippen LogP contribution >= 0.6 is 23.1 Å². The van der Waals surface area contributed by atoms with Crippen molar-refractivity contribution in [3.63, 3.8) is 0 Å². The predicted molar refractivity (Wildman–Crippen MR) is 77.4 cm³/mol. The summed E-state index contributed by atoms with van der Waals surface area (Å²) in [6.07, 6.45) is 2.88. The average molecular weight is 284 g/mol. The van der Waals surface area contributed by atoms with Crippen molar-refractivity contribution in [3.05, 3.63) is 21.9 Å². The van der Waals surface area contributed by atoms with Gasteiger partial charge in [0.2, 0.25) is 0 Å². The second-order valence-electron chi connectivity index (χ2n) is 5.50. The lowest BCUT2D eigenvalue weighted by Crippen LogP contribution is -2.41. The van der Waals surface area contributed by atoms with Gasteiger partial charge in [0.15, 0.2) is 0 Å². The Labute approximate surface area is 117 Å². The Hall–Kier alpha value is -0.0300. The second kappa shape index (κ2) is 5.16. The van der Waals surface area contributed by atoms with Gasteiger partial charge in [-0.15, -0.1) is 11.3 Å². The number of thioether (sulfide) groups is 1. The van der Waals surface area contributed by atoms with Crippen LogP contribution in [0.3, 0.4) is 0 Å². The first-order valence-electron chi connectivity index (χ1n) is 6.64. The van der Waals surface area contributed by atoms with Crippen LogP contribution in [0.15, 0.2) is 11.4 Å². The standard InChI is InChI=1S/C14H20O2S2/c1-10-3-6-18-13(10)12(15)11-2-5-16-14(8-11)4-7-17-9-14/h3,6,11-12,15H,2,4-5,7-9H2,1H3. The van der Waals surface area contributed by atoms with E-state index in [1.165, 1.54) is 11.3 Å². The molecule has 1 aromatic rings. The van der Waals surface area contributed by atoms with Crippen molar-refractivity contribution in [2.24, 2.45) is 5.92 Å². The number of hydrogen-bond donors (Lipinski definition) is 1. The Morgan fingerprint density at radius 2 is 2.44 bits per heavy atom. The Kier molecular flexibility index (Phi) is 3.72. The quantitative estimate of drug-likeness (QED) is 0.902. The molecule has 0 amide bonds. The number of ether oxygens (including phenoxy) is 1. The van der Waals surface area contributed by atoms with Gasteiger partial charge in [-0.3, -0.25) is 0 Å². The molecule has 3 unspecified atom stereocenters. The molecule has 1 spiro atoms. The van der Waals surface area contributed by atoms with Crippen molar-refractivity contribution >= 4 is 23.1 Å². The number of rotatable bonds is 2. The number of thiophene rings is 1. The Morgan fingerprint density at radius 3 is 3.11 bits per heavy atom. The summed E-state index contributed by atoms with van der Waals surface area (Å²) >= 11 is 3.68. The minimum atomic E-state index is -0.295. The first kappa shape index (κ1) is 13.0. The molecular formula is C14H20O2S2. The summed E-state index contributed by atoms with van der Waals surface area (Å²) in [6, 6.07) is 2.10. The van der Waals surface area contributed by atoms with Crippen LogP contribution in [0.4, 0.5) is 0 Å². The SMILES string of the molecule is Cc1ccsc1C(O)C1CCOC2(CCSC2)C1. The fraction of sp³-hybridized carbons (Fsp3) is 0.714. The largest absolute Gasteiger partial charge is 0.387 e. The van der Waals surface area contributed by atoms with Gasteiger partial charge in [0.1, 0.15) is 0 Å². The summed E-state index contributed by atoms with van der Waals surface area (Å²) in [4.78, 5) is 1.16. The lowest BCUT2D eigenvalue weighted by atomic mass is 9.81. The molecule has 0 aromatic carbocycles. The number of aliphatic hydroxyl groups excluding tert-OH is 1. The Bertz CT molecular complexity index is 410. The zero-order valence-corrected chi connectivity index (χ0v) is 12.4. The zero-order valence-electron chi connectivity index (χ0n) is 10.7. The van der Waals surface area contributed by atoms with E-state index in [1.54, 1.807) is 11.3 Å². The van der Waals surface area contributed by atoms with Crippen molar-refractivity contribution in [1.82, 2.24) is 0 Å². The molecule has 0 saturated carbocycles. The van der Waals surface area contributed by atoms with E-state index in [2.05, 4.69) is 18.4 Å². The second-order valence-corrected chi connectivity index (χ2v) is 7.55. The predicted octanol–water partition coefficient (Wildman–Crippen LogP) is 3.39. The first-order valence-corrected chi connectivity index (χ1v) is 8.67. The van der Waals surface area contributed by atoms with E-state index in [4.69, 9.17) is 4.74 Å². The molecule has 18 heavy (non-hydrogen) atoms. The van der Waals surface area contributed by atoms with Crippen LogP contribution in [0.5, 0.6) is 0 Å². The molecule has 4 heteroatoms. The Balaban J connectivity index is 1.74. The molecule has 1 N–H and O–H groups in total. The molecule has 0 bridgehead atoms. The lowest BCUT2D eigenvalue weighted by molar-refractivity contribution is -0.101. The summed E-state index contributed by atoms with van der Waals surface area (Å²) < 4.78 is 6.03. The molecule has 3 rings (SSSR count). The number of aliphatic hydroxyl groups is 1. The highest BCUT2D eigenvalue weighted by Gasteiger charge is 2.42. The molecule has 2 aliphatic rings. The van der Waals surface area contributed by atoms with Crippen LogP contribution in [0.2, 0.25) is 0 Å². The maximum atomic E-state index is 10.6. The fourth-order valence-corrected chi connectivity index (χ4v) is 5.48. The van der Waals surface area contributed by atoms with Gasteiger partial charge in [0.25, 0.3) is 0 Å². The van der Waals surface area contributed by atoms with Gasteiger partial charge >= 0.3 is 0 Å². The van der Waals surface area contributed by atoms with Crippen LogP contribution in [0, 0.1) is 12.8 Å². The van der Waals surface area contributed by atoms with Gasteiger partial charge in [-0.25, -0.2) is 0 Å². The third-order valence-electron chi connectivity index (χ3n) is 4.22. The fourth-order valence-electron chi connectivity index (χ4n) is 3.10. The van der Waals surface area contributed by atoms with E-state index in [-0.39, 0.29) is 11.7 Å². The normalized spacial score (nSPS) is 34.0. The lowest BCUT2D eigenvalue weighted by Gasteiger charge is -2.39. The summed E-state index contributed by atoms with van der Waals surface area (Å²) in [5.41, 5.74) is 1.30. The molecule has 2 aliphatic heterocycles. The van der Waals surface area contributed by atoms with Crippen LogP contribution < -0.4 is 0 Å². The molecule has 0 radical (unpaired) electrons. The Morgan fingerprint density at radius 1 is 1.56 bits per heavy atom. The first-order chi connectivity index (χ1) is 8.70. The molecule has 1 aromatic heterocycles. The molecular weight excluding hydrogens is 264 g/mol. The summed E-state index contributed by atoms with van der Waals surface area (Å²) in [6.45, 7) is 2.91. The van der Waals surface area contributed by atoms with Gasteiger partial charge in [-0.2, -0.15) is 11.8 Å². The monoisotopic (exact) mass is 284 g/mol. The molecule has 3 heterocycles. The van der Waals surface area contributed by atoms with E-state index in [9.17, 15) is 5.11 Å². The van der Waals surface area contributed by atoms with E-state index in [1.807, 2.05) is 11.8 Å². The summed E-state index contributed by atoms with van der Waals surface area (Å²) in [5.74, 6) is 2.69. The third-order valence-corrected chi connectivity index (χ3v) is 6.53. The van der Waals surface area contributed by atoms with Crippen LogP contribution in [-0.2, 0) is 4.74 Å². The van der Waals surface area contributed by atoms with Crippen LogP contribution in [0.25, 0.3) is 0 Å². The molecule has 2 fully saturated rings. The van der Waals surface area contributed by atoms with Gasteiger partial charge in [0.05, 0.1) is 11.7 Å². The van der Waals surface area contributed by atoms with Crippen molar-refractivity contribution in [1.29, 1.82) is 0 Å². The smallest absolute Gasteiger partial charge is 0.0914 e. The average Bonchev–Trinajstić information content (AvgIpc) is 2.98. The van der Waals surface area contributed by atoms with Gasteiger partial charge in [-0.05, 0) is 54.9 Å². The van der Waals surface area contributed by atoms with Crippen LogP contribution in [-0.4, -0.2) is 28.8 Å². The van der Waals surface area contributed by atoms with Gasteiger partial charge < -0.3 is 9.84 Å². The minimum absolute atomic E-state index is 0.0692. The van der Waals surface area contributed by atoms with Gasteiger partial charge in [-0.1, -0.05) is 0 Å².